The Balaban J connectivity index is 2.51. The van der Waals surface area contributed by atoms with Crippen LogP contribution in [0, 0.1) is 0 Å². The van der Waals surface area contributed by atoms with E-state index in [1.807, 2.05) is 13.8 Å². The molecule has 1 atom stereocenters. The Hall–Kier alpha value is -1.10. The molecule has 16 heavy (non-hydrogen) atoms. The van der Waals surface area contributed by atoms with E-state index in [1.165, 1.54) is 0 Å². The van der Waals surface area contributed by atoms with Crippen molar-refractivity contribution >= 4 is 11.8 Å². The second-order valence-electron chi connectivity index (χ2n) is 4.14. The SMILES string of the molecule is CCN(CC)C(=O)CN1C[C@H](N)CCC1=O. The maximum atomic E-state index is 11.8. The van der Waals surface area contributed by atoms with Gasteiger partial charge in [-0.05, 0) is 20.3 Å². The summed E-state index contributed by atoms with van der Waals surface area (Å²) in [7, 11) is 0. The van der Waals surface area contributed by atoms with Gasteiger partial charge in [0.05, 0.1) is 6.54 Å². The minimum Gasteiger partial charge on any atom is -0.342 e. The zero-order valence-corrected chi connectivity index (χ0v) is 10.1. The Morgan fingerprint density at radius 2 is 2.12 bits per heavy atom. The van der Waals surface area contributed by atoms with Gasteiger partial charge in [0, 0.05) is 32.1 Å². The van der Waals surface area contributed by atoms with E-state index in [9.17, 15) is 9.59 Å². The quantitative estimate of drug-likeness (QED) is 0.723. The Bertz CT molecular complexity index is 264. The van der Waals surface area contributed by atoms with Crippen molar-refractivity contribution in [2.45, 2.75) is 32.7 Å². The highest BCUT2D eigenvalue weighted by Crippen LogP contribution is 2.10. The number of piperidine rings is 1. The number of hydrogen-bond donors (Lipinski definition) is 1. The molecule has 0 aromatic rings. The molecule has 5 heteroatoms. The van der Waals surface area contributed by atoms with Crippen molar-refractivity contribution < 1.29 is 9.59 Å². The zero-order chi connectivity index (χ0) is 12.1. The first-order valence-electron chi connectivity index (χ1n) is 5.89. The third kappa shape index (κ3) is 3.20. The number of rotatable bonds is 4. The lowest BCUT2D eigenvalue weighted by Gasteiger charge is -2.31. The van der Waals surface area contributed by atoms with Crippen molar-refractivity contribution in [2.75, 3.05) is 26.2 Å². The van der Waals surface area contributed by atoms with Crippen LogP contribution in [0.4, 0.5) is 0 Å². The van der Waals surface area contributed by atoms with Crippen LogP contribution in [0.2, 0.25) is 0 Å². The van der Waals surface area contributed by atoms with E-state index in [2.05, 4.69) is 0 Å². The monoisotopic (exact) mass is 227 g/mol. The summed E-state index contributed by atoms with van der Waals surface area (Å²) in [5.74, 6) is 0.0506. The fraction of sp³-hybridized carbons (Fsp3) is 0.818. The van der Waals surface area contributed by atoms with Crippen LogP contribution in [0.15, 0.2) is 0 Å². The van der Waals surface area contributed by atoms with Gasteiger partial charge in [-0.3, -0.25) is 9.59 Å². The molecule has 0 aliphatic carbocycles. The molecule has 0 saturated carbocycles. The standard InChI is InChI=1S/C11H21N3O2/c1-3-13(4-2)11(16)8-14-7-9(12)5-6-10(14)15/h9H,3-8,12H2,1-2H3/t9-/m1/s1. The summed E-state index contributed by atoms with van der Waals surface area (Å²) < 4.78 is 0. The molecule has 0 spiro atoms. The number of nitrogens with two attached hydrogens (primary N) is 1. The Morgan fingerprint density at radius 3 is 2.69 bits per heavy atom. The first-order valence-corrected chi connectivity index (χ1v) is 5.89. The first-order chi connectivity index (χ1) is 7.58. The molecule has 2 amide bonds. The molecule has 1 aliphatic heterocycles. The van der Waals surface area contributed by atoms with Gasteiger partial charge in [-0.15, -0.1) is 0 Å². The van der Waals surface area contributed by atoms with Crippen LogP contribution >= 0.6 is 0 Å². The minimum atomic E-state index is 0.00690. The molecule has 0 aromatic heterocycles. The summed E-state index contributed by atoms with van der Waals surface area (Å²) in [6.07, 6.45) is 1.20. The molecular formula is C11H21N3O2. The third-order valence-corrected chi connectivity index (χ3v) is 2.98. The molecule has 2 N–H and O–H groups in total. The fourth-order valence-corrected chi connectivity index (χ4v) is 1.94. The van der Waals surface area contributed by atoms with Crippen LogP contribution in [0.25, 0.3) is 0 Å². The molecule has 1 saturated heterocycles. The van der Waals surface area contributed by atoms with Crippen molar-refractivity contribution in [3.05, 3.63) is 0 Å². The number of likely N-dealkylation sites (N-methyl/N-ethyl adjacent to an activating group) is 1. The fourth-order valence-electron chi connectivity index (χ4n) is 1.94. The third-order valence-electron chi connectivity index (χ3n) is 2.98. The van der Waals surface area contributed by atoms with Crippen molar-refractivity contribution in [3.63, 3.8) is 0 Å². The topological polar surface area (TPSA) is 66.6 Å². The van der Waals surface area contributed by atoms with Crippen LogP contribution in [-0.2, 0) is 9.59 Å². The minimum absolute atomic E-state index is 0.00690. The number of carbonyl (C=O) groups is 2. The molecule has 1 rings (SSSR count). The summed E-state index contributed by atoms with van der Waals surface area (Å²) in [6, 6.07) is 0.0159. The molecule has 0 bridgehead atoms. The van der Waals surface area contributed by atoms with Gasteiger partial charge in [-0.25, -0.2) is 0 Å². The predicted octanol–water partition coefficient (Wildman–Crippen LogP) is -0.195. The highest BCUT2D eigenvalue weighted by Gasteiger charge is 2.25. The van der Waals surface area contributed by atoms with Gasteiger partial charge in [0.1, 0.15) is 0 Å². The lowest BCUT2D eigenvalue weighted by Crippen LogP contribution is -2.50. The highest BCUT2D eigenvalue weighted by molar-refractivity contribution is 5.85. The summed E-state index contributed by atoms with van der Waals surface area (Å²) in [5, 5.41) is 0. The summed E-state index contributed by atoms with van der Waals surface area (Å²) in [5.41, 5.74) is 5.79. The maximum absolute atomic E-state index is 11.8. The van der Waals surface area contributed by atoms with Crippen molar-refractivity contribution in [3.8, 4) is 0 Å². The van der Waals surface area contributed by atoms with Gasteiger partial charge in [0.25, 0.3) is 0 Å². The molecule has 0 radical (unpaired) electrons. The second-order valence-corrected chi connectivity index (χ2v) is 4.14. The van der Waals surface area contributed by atoms with Crippen molar-refractivity contribution in [2.24, 2.45) is 5.73 Å². The van der Waals surface area contributed by atoms with Crippen LogP contribution < -0.4 is 5.73 Å². The maximum Gasteiger partial charge on any atom is 0.242 e. The molecule has 1 fully saturated rings. The Morgan fingerprint density at radius 1 is 1.50 bits per heavy atom. The van der Waals surface area contributed by atoms with Gasteiger partial charge in [-0.1, -0.05) is 0 Å². The van der Waals surface area contributed by atoms with E-state index < -0.39 is 0 Å². The van der Waals surface area contributed by atoms with E-state index in [-0.39, 0.29) is 24.4 Å². The number of nitrogens with zero attached hydrogens (tertiary/aromatic N) is 2. The second kappa shape index (κ2) is 5.84. The van der Waals surface area contributed by atoms with Crippen LogP contribution in [-0.4, -0.2) is 53.8 Å². The van der Waals surface area contributed by atoms with Gasteiger partial charge in [0.15, 0.2) is 0 Å². The largest absolute Gasteiger partial charge is 0.342 e. The van der Waals surface area contributed by atoms with E-state index in [0.717, 1.165) is 6.42 Å². The van der Waals surface area contributed by atoms with Crippen molar-refractivity contribution in [1.82, 2.24) is 9.80 Å². The van der Waals surface area contributed by atoms with Crippen LogP contribution in [0.5, 0.6) is 0 Å². The first kappa shape index (κ1) is 13.0. The van der Waals surface area contributed by atoms with E-state index in [1.54, 1.807) is 9.80 Å². The number of amides is 2. The molecule has 0 aromatic carbocycles. The Labute approximate surface area is 96.6 Å². The lowest BCUT2D eigenvalue weighted by atomic mass is 10.1. The zero-order valence-electron chi connectivity index (χ0n) is 10.1. The number of carbonyl (C=O) groups excluding carboxylic acids is 2. The van der Waals surface area contributed by atoms with Gasteiger partial charge in [-0.2, -0.15) is 0 Å². The summed E-state index contributed by atoms with van der Waals surface area (Å²) >= 11 is 0. The molecule has 0 unspecified atom stereocenters. The van der Waals surface area contributed by atoms with E-state index in [4.69, 9.17) is 5.73 Å². The molecule has 92 valence electrons. The number of likely N-dealkylation sites (tertiary alicyclic amines) is 1. The average Bonchev–Trinajstić information content (AvgIpc) is 2.25. The lowest BCUT2D eigenvalue weighted by molar-refractivity contribution is -0.142. The van der Waals surface area contributed by atoms with Crippen LogP contribution in [0.1, 0.15) is 26.7 Å². The van der Waals surface area contributed by atoms with E-state index >= 15 is 0 Å². The predicted molar refractivity (Wildman–Crippen MR) is 61.7 cm³/mol. The smallest absolute Gasteiger partial charge is 0.242 e. The Kier molecular flexibility index (Phi) is 4.73. The van der Waals surface area contributed by atoms with Gasteiger partial charge in [0.2, 0.25) is 11.8 Å². The number of hydrogen-bond acceptors (Lipinski definition) is 3. The molecule has 1 aliphatic rings. The normalized spacial score (nSPS) is 21.1. The highest BCUT2D eigenvalue weighted by atomic mass is 16.2. The summed E-state index contributed by atoms with van der Waals surface area (Å²) in [4.78, 5) is 26.7. The van der Waals surface area contributed by atoms with Crippen LogP contribution in [0.3, 0.4) is 0 Å². The average molecular weight is 227 g/mol. The van der Waals surface area contributed by atoms with E-state index in [0.29, 0.717) is 26.1 Å². The summed E-state index contributed by atoms with van der Waals surface area (Å²) in [6.45, 7) is 5.92. The molecular weight excluding hydrogens is 206 g/mol. The van der Waals surface area contributed by atoms with Crippen molar-refractivity contribution in [1.29, 1.82) is 0 Å². The van der Waals surface area contributed by atoms with Gasteiger partial charge < -0.3 is 15.5 Å². The molecule has 1 heterocycles. The molecule has 5 nitrogen and oxygen atoms in total. The van der Waals surface area contributed by atoms with Gasteiger partial charge >= 0.3 is 0 Å².